The first-order valence-electron chi connectivity index (χ1n) is 7.88. The predicted octanol–water partition coefficient (Wildman–Crippen LogP) is 2.02. The van der Waals surface area contributed by atoms with Crippen LogP contribution in [-0.4, -0.2) is 28.8 Å². The zero-order chi connectivity index (χ0) is 16.4. The Kier molecular flexibility index (Phi) is 4.50. The highest BCUT2D eigenvalue weighted by molar-refractivity contribution is 5.74. The molecule has 3 rings (SSSR count). The van der Waals surface area contributed by atoms with Gasteiger partial charge in [0.2, 0.25) is 0 Å². The number of hydrogen-bond donors (Lipinski definition) is 2. The van der Waals surface area contributed by atoms with Gasteiger partial charge in [-0.2, -0.15) is 0 Å². The van der Waals surface area contributed by atoms with Crippen LogP contribution in [0.3, 0.4) is 0 Å². The molecule has 1 aromatic rings. The summed E-state index contributed by atoms with van der Waals surface area (Å²) in [5.41, 5.74) is 9.98. The summed E-state index contributed by atoms with van der Waals surface area (Å²) in [7, 11) is 0. The first-order chi connectivity index (χ1) is 11.1. The fourth-order valence-electron chi connectivity index (χ4n) is 3.35. The number of nitrogens with two attached hydrogens (primary N) is 1. The third-order valence-electron chi connectivity index (χ3n) is 4.38. The van der Waals surface area contributed by atoms with Crippen molar-refractivity contribution in [2.75, 3.05) is 0 Å². The van der Waals surface area contributed by atoms with Crippen LogP contribution in [0.25, 0.3) is 0 Å². The molecular weight excluding hydrogens is 290 g/mol. The van der Waals surface area contributed by atoms with Crippen LogP contribution < -0.4 is 5.73 Å². The van der Waals surface area contributed by atoms with Gasteiger partial charge in [-0.15, -0.1) is 0 Å². The fraction of sp³-hybridized carbons (Fsp3) is 0.389. The van der Waals surface area contributed by atoms with Gasteiger partial charge in [-0.05, 0) is 30.9 Å². The number of allylic oxidation sites excluding steroid dienone is 2. The Morgan fingerprint density at radius 2 is 2.35 bits per heavy atom. The second kappa shape index (κ2) is 6.56. The second-order valence-corrected chi connectivity index (χ2v) is 6.36. The number of aliphatic hydroxyl groups is 1. The molecule has 0 radical (unpaired) electrons. The first kappa shape index (κ1) is 15.8. The molecule has 0 amide bonds. The lowest BCUT2D eigenvalue weighted by atomic mass is 9.79. The van der Waals surface area contributed by atoms with E-state index >= 15 is 0 Å². The van der Waals surface area contributed by atoms with Gasteiger partial charge < -0.3 is 10.8 Å². The van der Waals surface area contributed by atoms with Crippen molar-refractivity contribution in [3.05, 3.63) is 52.5 Å². The summed E-state index contributed by atoms with van der Waals surface area (Å²) < 4.78 is 0. The van der Waals surface area contributed by atoms with Gasteiger partial charge in [0.15, 0.2) is 0 Å². The van der Waals surface area contributed by atoms with Crippen molar-refractivity contribution >= 4 is 12.5 Å². The van der Waals surface area contributed by atoms with Gasteiger partial charge >= 0.3 is 0 Å². The van der Waals surface area contributed by atoms with E-state index < -0.39 is 6.23 Å². The summed E-state index contributed by atoms with van der Waals surface area (Å²) in [5.74, 6) is 0.716. The number of fused-ring (bicyclic) bond motifs is 1. The minimum atomic E-state index is -1.03. The smallest absolute Gasteiger partial charge is 0.150 e. The monoisotopic (exact) mass is 311 g/mol. The van der Waals surface area contributed by atoms with Crippen molar-refractivity contribution in [1.29, 1.82) is 0 Å². The van der Waals surface area contributed by atoms with Crippen LogP contribution in [0.5, 0.6) is 0 Å². The second-order valence-electron chi connectivity index (χ2n) is 6.36. The van der Waals surface area contributed by atoms with Crippen LogP contribution in [0, 0.1) is 11.8 Å². The molecule has 0 aromatic carbocycles. The van der Waals surface area contributed by atoms with Crippen molar-refractivity contribution in [1.82, 2.24) is 4.98 Å². The van der Waals surface area contributed by atoms with Crippen LogP contribution in [0.15, 0.2) is 46.2 Å². The average molecular weight is 311 g/mol. The van der Waals surface area contributed by atoms with E-state index in [-0.39, 0.29) is 5.92 Å². The van der Waals surface area contributed by atoms with Crippen molar-refractivity contribution in [2.45, 2.75) is 32.4 Å². The van der Waals surface area contributed by atoms with E-state index in [0.29, 0.717) is 23.5 Å². The molecule has 3 N–H and O–H groups in total. The number of aromatic nitrogens is 1. The highest BCUT2D eigenvalue weighted by Crippen LogP contribution is 2.38. The van der Waals surface area contributed by atoms with Gasteiger partial charge in [0.25, 0.3) is 0 Å². The Morgan fingerprint density at radius 3 is 3.09 bits per heavy atom. The highest BCUT2D eigenvalue weighted by Gasteiger charge is 2.29. The average Bonchev–Trinajstić information content (AvgIpc) is 2.53. The highest BCUT2D eigenvalue weighted by atomic mass is 16.3. The van der Waals surface area contributed by atoms with E-state index in [1.54, 1.807) is 18.3 Å². The number of carbonyl (C=O) groups excluding carboxylic acids is 1. The van der Waals surface area contributed by atoms with Gasteiger partial charge in [0.05, 0.1) is 5.70 Å². The molecule has 0 fully saturated rings. The quantitative estimate of drug-likeness (QED) is 0.658. The summed E-state index contributed by atoms with van der Waals surface area (Å²) in [5, 5.41) is 9.89. The molecule has 0 bridgehead atoms. The molecule has 1 aliphatic carbocycles. The van der Waals surface area contributed by atoms with Gasteiger partial charge in [0.1, 0.15) is 12.5 Å². The van der Waals surface area contributed by atoms with Crippen molar-refractivity contribution < 1.29 is 9.90 Å². The molecule has 5 nitrogen and oxygen atoms in total. The number of hydrogen-bond acceptors (Lipinski definition) is 5. The standard InChI is InChI=1S/C18H21N3O2/c1-11-4-14-5-13(7-15-6-12(10-22)2-3-20-15)8-16(18(19)23)17(14)21-9-11/h2-3,6,8-11,14,18,23H,4-5,7,19H2,1H3. The molecule has 2 aliphatic rings. The molecule has 5 heteroatoms. The SMILES string of the molecule is CC1C=NC2=C(C(N)O)C=C(Cc3cc(C=O)ccn3)CC2C1. The zero-order valence-corrected chi connectivity index (χ0v) is 13.1. The number of pyridine rings is 1. The Labute approximate surface area is 135 Å². The van der Waals surface area contributed by atoms with Crippen LogP contribution in [0.1, 0.15) is 35.8 Å². The topological polar surface area (TPSA) is 88.6 Å². The number of aldehydes is 1. The maximum absolute atomic E-state index is 10.9. The maximum Gasteiger partial charge on any atom is 0.150 e. The van der Waals surface area contributed by atoms with Gasteiger partial charge in [-0.25, -0.2) is 0 Å². The molecule has 0 saturated heterocycles. The summed E-state index contributed by atoms with van der Waals surface area (Å²) >= 11 is 0. The van der Waals surface area contributed by atoms with Crippen LogP contribution >= 0.6 is 0 Å². The number of carbonyl (C=O) groups is 1. The number of nitrogens with zero attached hydrogens (tertiary/aromatic N) is 2. The lowest BCUT2D eigenvalue weighted by Crippen LogP contribution is -2.28. The number of aliphatic hydroxyl groups excluding tert-OH is 1. The zero-order valence-electron chi connectivity index (χ0n) is 13.1. The van der Waals surface area contributed by atoms with Crippen molar-refractivity contribution in [3.63, 3.8) is 0 Å². The third-order valence-corrected chi connectivity index (χ3v) is 4.38. The molecule has 1 aliphatic heterocycles. The Balaban J connectivity index is 1.90. The van der Waals surface area contributed by atoms with E-state index in [1.165, 1.54) is 0 Å². The summed E-state index contributed by atoms with van der Waals surface area (Å²) in [6.07, 6.45) is 7.87. The van der Waals surface area contributed by atoms with Crippen molar-refractivity contribution in [3.8, 4) is 0 Å². The summed E-state index contributed by atoms with van der Waals surface area (Å²) in [6, 6.07) is 3.49. The largest absolute Gasteiger partial charge is 0.374 e. The molecule has 0 saturated carbocycles. The minimum Gasteiger partial charge on any atom is -0.374 e. The van der Waals surface area contributed by atoms with Gasteiger partial charge in [-0.1, -0.05) is 18.6 Å². The fourth-order valence-corrected chi connectivity index (χ4v) is 3.35. The number of aliphatic imine (C=N–C) groups is 1. The lowest BCUT2D eigenvalue weighted by Gasteiger charge is -2.31. The van der Waals surface area contributed by atoms with Crippen LogP contribution in [0.2, 0.25) is 0 Å². The molecule has 23 heavy (non-hydrogen) atoms. The molecule has 0 spiro atoms. The van der Waals surface area contributed by atoms with Crippen LogP contribution in [-0.2, 0) is 6.42 Å². The lowest BCUT2D eigenvalue weighted by molar-refractivity contribution is 0.112. The minimum absolute atomic E-state index is 0.289. The van der Waals surface area contributed by atoms with Gasteiger partial charge in [0, 0.05) is 41.6 Å². The van der Waals surface area contributed by atoms with E-state index in [0.717, 1.165) is 36.1 Å². The molecular formula is C18H21N3O2. The molecule has 3 atom stereocenters. The molecule has 120 valence electrons. The molecule has 1 aromatic heterocycles. The third kappa shape index (κ3) is 3.46. The predicted molar refractivity (Wildman–Crippen MR) is 89.0 cm³/mol. The Bertz CT molecular complexity index is 704. The van der Waals surface area contributed by atoms with Gasteiger partial charge in [-0.3, -0.25) is 14.8 Å². The van der Waals surface area contributed by atoms with Crippen LogP contribution in [0.4, 0.5) is 0 Å². The first-order valence-corrected chi connectivity index (χ1v) is 7.88. The maximum atomic E-state index is 10.9. The molecule has 2 heterocycles. The Morgan fingerprint density at radius 1 is 1.52 bits per heavy atom. The molecule has 3 unspecified atom stereocenters. The van der Waals surface area contributed by atoms with E-state index in [4.69, 9.17) is 5.73 Å². The van der Waals surface area contributed by atoms with E-state index in [2.05, 4.69) is 16.9 Å². The summed E-state index contributed by atoms with van der Waals surface area (Å²) in [4.78, 5) is 19.7. The summed E-state index contributed by atoms with van der Waals surface area (Å²) in [6.45, 7) is 2.14. The number of rotatable bonds is 4. The normalized spacial score (nSPS) is 24.9. The van der Waals surface area contributed by atoms with E-state index in [9.17, 15) is 9.90 Å². The van der Waals surface area contributed by atoms with Crippen molar-refractivity contribution in [2.24, 2.45) is 22.6 Å². The Hall–Kier alpha value is -2.11. The van der Waals surface area contributed by atoms with E-state index in [1.807, 2.05) is 12.3 Å².